The number of alkyl halides is 3. The first-order chi connectivity index (χ1) is 7.82. The van der Waals surface area contributed by atoms with Crippen LogP contribution in [0.2, 0.25) is 0 Å². The third kappa shape index (κ3) is 3.18. The van der Waals surface area contributed by atoms with E-state index in [2.05, 4.69) is 4.74 Å². The van der Waals surface area contributed by atoms with E-state index in [0.717, 1.165) is 0 Å². The second-order valence-electron chi connectivity index (χ2n) is 3.82. The van der Waals surface area contributed by atoms with Crippen LogP contribution >= 0.6 is 0 Å². The molecule has 0 radical (unpaired) electrons. The first-order valence-electron chi connectivity index (χ1n) is 5.17. The van der Waals surface area contributed by atoms with Crippen LogP contribution in [0.4, 0.5) is 13.2 Å². The van der Waals surface area contributed by atoms with Gasteiger partial charge in [-0.25, -0.2) is 0 Å². The fourth-order valence-corrected chi connectivity index (χ4v) is 1.74. The molecule has 1 aliphatic heterocycles. The van der Waals surface area contributed by atoms with E-state index in [9.17, 15) is 22.8 Å². The molecule has 0 aliphatic carbocycles. The molecule has 0 saturated carbocycles. The van der Waals surface area contributed by atoms with Gasteiger partial charge in [0.15, 0.2) is 11.2 Å². The lowest BCUT2D eigenvalue weighted by atomic mass is 9.78. The van der Waals surface area contributed by atoms with Crippen LogP contribution in [0, 0.1) is 5.41 Å². The van der Waals surface area contributed by atoms with Crippen molar-refractivity contribution in [3.8, 4) is 0 Å². The van der Waals surface area contributed by atoms with Crippen LogP contribution in [0.5, 0.6) is 0 Å². The zero-order valence-electron chi connectivity index (χ0n) is 9.30. The Bertz CT molecular complexity index is 313. The van der Waals surface area contributed by atoms with Crippen molar-refractivity contribution in [2.24, 2.45) is 5.41 Å². The molecule has 17 heavy (non-hydrogen) atoms. The van der Waals surface area contributed by atoms with Crippen LogP contribution in [-0.2, 0) is 19.1 Å². The van der Waals surface area contributed by atoms with Gasteiger partial charge in [0, 0.05) is 6.42 Å². The fraction of sp³-hybridized carbons (Fsp3) is 0.800. The highest BCUT2D eigenvalue weighted by atomic mass is 19.4. The molecule has 1 saturated heterocycles. The number of ketones is 1. The molecule has 1 rings (SSSR count). The van der Waals surface area contributed by atoms with Gasteiger partial charge in [-0.15, -0.1) is 0 Å². The number of carbonyl (C=O) groups excluding carboxylic acids is 2. The number of rotatable bonds is 3. The number of esters is 1. The highest BCUT2D eigenvalue weighted by Gasteiger charge is 2.55. The second-order valence-corrected chi connectivity index (χ2v) is 3.82. The summed E-state index contributed by atoms with van der Waals surface area (Å²) in [7, 11) is 0. The van der Waals surface area contributed by atoms with E-state index in [4.69, 9.17) is 4.74 Å². The van der Waals surface area contributed by atoms with Crippen molar-refractivity contribution >= 4 is 11.8 Å². The Balaban J connectivity index is 2.98. The quantitative estimate of drug-likeness (QED) is 0.565. The molecule has 0 bridgehead atoms. The van der Waals surface area contributed by atoms with Crippen LogP contribution in [0.15, 0.2) is 0 Å². The minimum atomic E-state index is -4.62. The summed E-state index contributed by atoms with van der Waals surface area (Å²) in [5.74, 6) is -1.92. The molecular formula is C10H13F3O4. The van der Waals surface area contributed by atoms with Gasteiger partial charge in [-0.3, -0.25) is 9.59 Å². The maximum absolute atomic E-state index is 12.4. The van der Waals surface area contributed by atoms with Gasteiger partial charge in [-0.05, 0) is 6.92 Å². The van der Waals surface area contributed by atoms with Crippen molar-refractivity contribution in [3.63, 3.8) is 0 Å². The molecule has 0 aromatic heterocycles. The minimum Gasteiger partial charge on any atom is -0.465 e. The topological polar surface area (TPSA) is 52.6 Å². The van der Waals surface area contributed by atoms with E-state index in [1.54, 1.807) is 0 Å². The van der Waals surface area contributed by atoms with Crippen LogP contribution < -0.4 is 0 Å². The highest BCUT2D eigenvalue weighted by molar-refractivity contribution is 6.04. The van der Waals surface area contributed by atoms with Crippen molar-refractivity contribution in [3.05, 3.63) is 0 Å². The van der Waals surface area contributed by atoms with Crippen molar-refractivity contribution in [1.82, 2.24) is 0 Å². The first-order valence-corrected chi connectivity index (χ1v) is 5.17. The number of Topliss-reactive ketones (excluding diaryl/α,β-unsaturated/α-hetero) is 1. The smallest absolute Gasteiger partial charge is 0.390 e. The highest BCUT2D eigenvalue weighted by Crippen LogP contribution is 2.38. The summed E-state index contributed by atoms with van der Waals surface area (Å²) in [5.41, 5.74) is -2.22. The third-order valence-electron chi connectivity index (χ3n) is 2.52. The number of ether oxygens (including phenoxy) is 2. The Labute approximate surface area is 96.1 Å². The zero-order chi connectivity index (χ0) is 13.1. The average molecular weight is 254 g/mol. The predicted molar refractivity (Wildman–Crippen MR) is 50.2 cm³/mol. The van der Waals surface area contributed by atoms with Gasteiger partial charge in [-0.2, -0.15) is 13.2 Å². The van der Waals surface area contributed by atoms with Gasteiger partial charge in [0.25, 0.3) is 0 Å². The number of carbonyl (C=O) groups is 2. The van der Waals surface area contributed by atoms with E-state index in [1.165, 1.54) is 6.92 Å². The van der Waals surface area contributed by atoms with E-state index >= 15 is 0 Å². The fourth-order valence-electron chi connectivity index (χ4n) is 1.74. The maximum Gasteiger partial charge on any atom is 0.390 e. The monoisotopic (exact) mass is 254 g/mol. The van der Waals surface area contributed by atoms with E-state index in [0.29, 0.717) is 0 Å². The van der Waals surface area contributed by atoms with Crippen molar-refractivity contribution in [2.75, 3.05) is 19.8 Å². The van der Waals surface area contributed by atoms with Gasteiger partial charge < -0.3 is 9.47 Å². The molecule has 4 nitrogen and oxygen atoms in total. The van der Waals surface area contributed by atoms with Gasteiger partial charge in [0.2, 0.25) is 0 Å². The van der Waals surface area contributed by atoms with Gasteiger partial charge in [0.05, 0.1) is 26.2 Å². The molecule has 98 valence electrons. The van der Waals surface area contributed by atoms with E-state index in [-0.39, 0.29) is 19.6 Å². The lowest BCUT2D eigenvalue weighted by Crippen LogP contribution is -2.50. The summed E-state index contributed by atoms with van der Waals surface area (Å²) in [4.78, 5) is 23.2. The van der Waals surface area contributed by atoms with Crippen LogP contribution in [0.1, 0.15) is 19.8 Å². The molecule has 0 aromatic rings. The summed E-state index contributed by atoms with van der Waals surface area (Å²) in [6, 6.07) is 0. The minimum absolute atomic E-state index is 0.0395. The molecule has 1 heterocycles. The van der Waals surface area contributed by atoms with E-state index < -0.39 is 36.4 Å². The van der Waals surface area contributed by atoms with Gasteiger partial charge in [0.1, 0.15) is 0 Å². The molecular weight excluding hydrogens is 241 g/mol. The van der Waals surface area contributed by atoms with Gasteiger partial charge >= 0.3 is 12.1 Å². The molecule has 0 spiro atoms. The summed E-state index contributed by atoms with van der Waals surface area (Å²) < 4.78 is 46.7. The molecule has 0 amide bonds. The largest absolute Gasteiger partial charge is 0.465 e. The number of halogens is 3. The summed E-state index contributed by atoms with van der Waals surface area (Å²) in [5, 5.41) is 0. The molecule has 1 fully saturated rings. The standard InChI is InChI=1S/C10H13F3O4/c1-2-17-8(15)9(5-10(11,12)13)6-16-4-3-7(9)14/h2-6H2,1H3. The summed E-state index contributed by atoms with van der Waals surface area (Å²) in [6.45, 7) is 0.862. The Morgan fingerprint density at radius 3 is 2.65 bits per heavy atom. The lowest BCUT2D eigenvalue weighted by Gasteiger charge is -2.33. The van der Waals surface area contributed by atoms with Gasteiger partial charge in [-0.1, -0.05) is 0 Å². The average Bonchev–Trinajstić information content (AvgIpc) is 2.20. The predicted octanol–water partition coefficient (Wildman–Crippen LogP) is 1.48. The number of hydrogen-bond acceptors (Lipinski definition) is 4. The first kappa shape index (κ1) is 14.0. The third-order valence-corrected chi connectivity index (χ3v) is 2.52. The molecule has 1 unspecified atom stereocenters. The molecule has 7 heteroatoms. The van der Waals surface area contributed by atoms with Crippen molar-refractivity contribution in [1.29, 1.82) is 0 Å². The van der Waals surface area contributed by atoms with Crippen molar-refractivity contribution < 1.29 is 32.2 Å². The van der Waals surface area contributed by atoms with Crippen LogP contribution in [0.3, 0.4) is 0 Å². The normalized spacial score (nSPS) is 25.8. The Morgan fingerprint density at radius 2 is 2.18 bits per heavy atom. The van der Waals surface area contributed by atoms with Crippen LogP contribution in [-0.4, -0.2) is 37.7 Å². The van der Waals surface area contributed by atoms with Crippen molar-refractivity contribution in [2.45, 2.75) is 25.9 Å². The molecule has 1 atom stereocenters. The molecule has 1 aliphatic rings. The summed E-state index contributed by atoms with van der Waals surface area (Å²) in [6.07, 6.45) is -6.35. The Hall–Kier alpha value is -1.11. The zero-order valence-corrected chi connectivity index (χ0v) is 9.30. The van der Waals surface area contributed by atoms with Crippen LogP contribution in [0.25, 0.3) is 0 Å². The molecule has 0 N–H and O–H groups in total. The Kier molecular flexibility index (Phi) is 4.13. The summed E-state index contributed by atoms with van der Waals surface area (Å²) >= 11 is 0. The SMILES string of the molecule is CCOC(=O)C1(CC(F)(F)F)COCCC1=O. The molecule has 0 aromatic carbocycles. The number of hydrogen-bond donors (Lipinski definition) is 0. The second kappa shape index (κ2) is 5.03. The Morgan fingerprint density at radius 1 is 1.53 bits per heavy atom. The maximum atomic E-state index is 12.4. The van der Waals surface area contributed by atoms with E-state index in [1.807, 2.05) is 0 Å². The lowest BCUT2D eigenvalue weighted by molar-refractivity contribution is -0.196.